The van der Waals surface area contributed by atoms with Crippen LogP contribution in [0.3, 0.4) is 0 Å². The van der Waals surface area contributed by atoms with E-state index in [-0.39, 0.29) is 23.2 Å². The predicted octanol–water partition coefficient (Wildman–Crippen LogP) is 4.30. The number of rotatable bonds is 5. The van der Waals surface area contributed by atoms with Gasteiger partial charge in [-0.2, -0.15) is 0 Å². The van der Waals surface area contributed by atoms with Gasteiger partial charge in [0.1, 0.15) is 11.6 Å². The van der Waals surface area contributed by atoms with Crippen LogP contribution in [0.2, 0.25) is 0 Å². The third kappa shape index (κ3) is 4.11. The number of carbonyl (C=O) groups is 1. The zero-order valence-corrected chi connectivity index (χ0v) is 18.6. The lowest BCUT2D eigenvalue weighted by Crippen LogP contribution is -2.52. The van der Waals surface area contributed by atoms with E-state index in [1.54, 1.807) is 14.2 Å². The molecule has 2 aromatic carbocycles. The maximum Gasteiger partial charge on any atom is 0.319 e. The average Bonchev–Trinajstić information content (AvgIpc) is 3.13. The van der Waals surface area contributed by atoms with Gasteiger partial charge in [-0.15, -0.1) is 0 Å². The molecule has 1 aliphatic heterocycles. The molecule has 32 heavy (non-hydrogen) atoms. The van der Waals surface area contributed by atoms with Crippen LogP contribution in [-0.2, 0) is 5.41 Å². The number of nitrogens with zero attached hydrogens (tertiary/aromatic N) is 1. The maximum absolute atomic E-state index is 13.9. The number of carbonyl (C=O) groups excluding carboxylic acids is 1. The van der Waals surface area contributed by atoms with Gasteiger partial charge < -0.3 is 25.0 Å². The van der Waals surface area contributed by atoms with Crippen molar-refractivity contribution < 1.29 is 23.0 Å². The van der Waals surface area contributed by atoms with Crippen molar-refractivity contribution in [3.63, 3.8) is 0 Å². The third-order valence-electron chi connectivity index (χ3n) is 7.00. The first-order chi connectivity index (χ1) is 15.4. The van der Waals surface area contributed by atoms with Crippen molar-refractivity contribution in [3.8, 4) is 11.5 Å². The summed E-state index contributed by atoms with van der Waals surface area (Å²) in [6.45, 7) is 0.965. The van der Waals surface area contributed by atoms with E-state index in [0.717, 1.165) is 50.4 Å². The van der Waals surface area contributed by atoms with Crippen LogP contribution in [0, 0.1) is 11.6 Å². The Morgan fingerprint density at radius 3 is 2.62 bits per heavy atom. The van der Waals surface area contributed by atoms with Gasteiger partial charge >= 0.3 is 6.03 Å². The number of hydrogen-bond acceptors (Lipinski definition) is 4. The largest absolute Gasteiger partial charge is 0.493 e. The minimum absolute atomic E-state index is 0.0301. The Morgan fingerprint density at radius 1 is 1.09 bits per heavy atom. The number of fused-ring (bicyclic) bond motifs is 1. The fourth-order valence-electron chi connectivity index (χ4n) is 5.33. The molecule has 2 aromatic rings. The standard InChI is InChI=1S/C24H29F2N3O3/c1-29-11-10-24(15-4-7-20(31-2)21(12-15)32-3)9-8-17(14-22(24)29)27-23(30)28-19-13-16(25)5-6-18(19)26/h4-7,12-13,17,22H,8-11,14H2,1-3H3,(H2,27,28,30)/t17-,22+,24+/m1/s1. The number of benzene rings is 2. The lowest BCUT2D eigenvalue weighted by atomic mass is 9.65. The van der Waals surface area contributed by atoms with Crippen LogP contribution in [0.15, 0.2) is 36.4 Å². The number of methoxy groups -OCH3 is 2. The number of anilines is 1. The van der Waals surface area contributed by atoms with Gasteiger partial charge in [0.15, 0.2) is 11.5 Å². The van der Waals surface area contributed by atoms with Crippen molar-refractivity contribution in [2.45, 2.75) is 43.2 Å². The molecule has 172 valence electrons. The lowest BCUT2D eigenvalue weighted by molar-refractivity contribution is 0.156. The first-order valence-corrected chi connectivity index (χ1v) is 10.8. The molecule has 1 aliphatic carbocycles. The highest BCUT2D eigenvalue weighted by molar-refractivity contribution is 5.89. The quantitative estimate of drug-likeness (QED) is 0.721. The van der Waals surface area contributed by atoms with Gasteiger partial charge in [-0.1, -0.05) is 6.07 Å². The molecule has 0 spiro atoms. The van der Waals surface area contributed by atoms with E-state index in [0.29, 0.717) is 11.5 Å². The van der Waals surface area contributed by atoms with Crippen LogP contribution < -0.4 is 20.1 Å². The molecule has 0 aromatic heterocycles. The Labute approximate surface area is 186 Å². The van der Waals surface area contributed by atoms with Gasteiger partial charge in [-0.05, 0) is 69.1 Å². The smallest absolute Gasteiger partial charge is 0.319 e. The number of hydrogen-bond donors (Lipinski definition) is 2. The number of halogens is 2. The minimum Gasteiger partial charge on any atom is -0.493 e. The molecular weight excluding hydrogens is 416 g/mol. The van der Waals surface area contributed by atoms with E-state index < -0.39 is 17.7 Å². The molecule has 0 unspecified atom stereocenters. The number of likely N-dealkylation sites (tertiary alicyclic amines) is 1. The number of ether oxygens (including phenoxy) is 2. The first kappa shape index (κ1) is 22.3. The van der Waals surface area contributed by atoms with Gasteiger partial charge in [-0.3, -0.25) is 0 Å². The SMILES string of the molecule is COc1ccc([C@@]23CC[C@@H](NC(=O)Nc4cc(F)ccc4F)C[C@@H]2N(C)CC3)cc1OC. The highest BCUT2D eigenvalue weighted by atomic mass is 19.1. The molecule has 4 rings (SSSR count). The van der Waals surface area contributed by atoms with Gasteiger partial charge in [0.2, 0.25) is 0 Å². The summed E-state index contributed by atoms with van der Waals surface area (Å²) in [5.74, 6) is 0.136. The van der Waals surface area contributed by atoms with Gasteiger partial charge in [0.05, 0.1) is 19.9 Å². The molecule has 1 heterocycles. The summed E-state index contributed by atoms with van der Waals surface area (Å²) in [6.07, 6.45) is 3.48. The van der Waals surface area contributed by atoms with Crippen molar-refractivity contribution in [2.24, 2.45) is 0 Å². The van der Waals surface area contributed by atoms with Crippen molar-refractivity contribution in [1.29, 1.82) is 0 Å². The second-order valence-corrected chi connectivity index (χ2v) is 8.67. The summed E-state index contributed by atoms with van der Waals surface area (Å²) >= 11 is 0. The van der Waals surface area contributed by atoms with Crippen LogP contribution in [0.25, 0.3) is 0 Å². The fourth-order valence-corrected chi connectivity index (χ4v) is 5.33. The highest BCUT2D eigenvalue weighted by Crippen LogP contribution is 2.49. The van der Waals surface area contributed by atoms with Crippen LogP contribution in [0.1, 0.15) is 31.2 Å². The second kappa shape index (κ2) is 8.94. The van der Waals surface area contributed by atoms with Crippen molar-refractivity contribution in [1.82, 2.24) is 10.2 Å². The van der Waals surface area contributed by atoms with Crippen molar-refractivity contribution in [2.75, 3.05) is 33.1 Å². The zero-order valence-electron chi connectivity index (χ0n) is 18.6. The Balaban J connectivity index is 1.49. The van der Waals surface area contributed by atoms with Gasteiger partial charge in [-0.25, -0.2) is 13.6 Å². The van der Waals surface area contributed by atoms with Crippen molar-refractivity contribution in [3.05, 3.63) is 53.6 Å². The van der Waals surface area contributed by atoms with Crippen LogP contribution in [0.4, 0.5) is 19.3 Å². The summed E-state index contributed by atoms with van der Waals surface area (Å²) < 4.78 is 38.2. The highest BCUT2D eigenvalue weighted by Gasteiger charge is 2.50. The topological polar surface area (TPSA) is 62.8 Å². The molecule has 2 aliphatic rings. The maximum atomic E-state index is 13.9. The summed E-state index contributed by atoms with van der Waals surface area (Å²) in [7, 11) is 5.37. The molecule has 2 amide bonds. The number of urea groups is 1. The second-order valence-electron chi connectivity index (χ2n) is 8.67. The Kier molecular flexibility index (Phi) is 6.24. The summed E-state index contributed by atoms with van der Waals surface area (Å²) in [6, 6.07) is 8.76. The minimum atomic E-state index is -0.673. The lowest BCUT2D eigenvalue weighted by Gasteiger charge is -2.45. The van der Waals surface area contributed by atoms with Crippen molar-refractivity contribution >= 4 is 11.7 Å². The predicted molar refractivity (Wildman–Crippen MR) is 118 cm³/mol. The molecular formula is C24H29F2N3O3. The van der Waals surface area contributed by atoms with E-state index in [1.807, 2.05) is 6.07 Å². The first-order valence-electron chi connectivity index (χ1n) is 10.8. The van der Waals surface area contributed by atoms with E-state index >= 15 is 0 Å². The molecule has 0 radical (unpaired) electrons. The fraction of sp³-hybridized carbons (Fsp3) is 0.458. The molecule has 1 saturated carbocycles. The third-order valence-corrected chi connectivity index (χ3v) is 7.00. The summed E-state index contributed by atoms with van der Waals surface area (Å²) in [5.41, 5.74) is 1.02. The average molecular weight is 446 g/mol. The van der Waals surface area contributed by atoms with Crippen LogP contribution in [0.5, 0.6) is 11.5 Å². The molecule has 1 saturated heterocycles. The van der Waals surface area contributed by atoms with E-state index in [4.69, 9.17) is 9.47 Å². The molecule has 6 nitrogen and oxygen atoms in total. The van der Waals surface area contributed by atoms with E-state index in [2.05, 4.69) is 34.7 Å². The van der Waals surface area contributed by atoms with Crippen LogP contribution >= 0.6 is 0 Å². The number of nitrogens with one attached hydrogen (secondary N) is 2. The van der Waals surface area contributed by atoms with Gasteiger partial charge in [0, 0.05) is 23.6 Å². The van der Waals surface area contributed by atoms with E-state index in [1.165, 1.54) is 5.56 Å². The Morgan fingerprint density at radius 2 is 1.88 bits per heavy atom. The summed E-state index contributed by atoms with van der Waals surface area (Å²) in [5, 5.41) is 5.38. The molecule has 3 atom stereocenters. The van der Waals surface area contributed by atoms with Gasteiger partial charge in [0.25, 0.3) is 0 Å². The number of amides is 2. The molecule has 2 fully saturated rings. The summed E-state index contributed by atoms with van der Waals surface area (Å²) in [4.78, 5) is 14.8. The zero-order chi connectivity index (χ0) is 22.9. The van der Waals surface area contributed by atoms with Crippen LogP contribution in [-0.4, -0.2) is 50.8 Å². The van der Waals surface area contributed by atoms with E-state index in [9.17, 15) is 13.6 Å². The molecule has 2 N–H and O–H groups in total. The monoisotopic (exact) mass is 445 g/mol. The molecule has 0 bridgehead atoms. The number of likely N-dealkylation sites (N-methyl/N-ethyl adjacent to an activating group) is 1. The Bertz CT molecular complexity index is 1000. The normalized spacial score (nSPS) is 25.2. The molecule has 8 heteroatoms. The Hall–Kier alpha value is -2.87.